The SMILES string of the molecule is C[N+]1=CCCC=C1c1ccccc1[O-]. The van der Waals surface area contributed by atoms with Crippen LogP contribution in [0.3, 0.4) is 0 Å². The van der Waals surface area contributed by atoms with Crippen LogP contribution in [0.4, 0.5) is 0 Å². The van der Waals surface area contributed by atoms with E-state index in [-0.39, 0.29) is 5.75 Å². The molecule has 0 bridgehead atoms. The van der Waals surface area contributed by atoms with Gasteiger partial charge in [-0.05, 0) is 18.6 Å². The lowest BCUT2D eigenvalue weighted by Gasteiger charge is -2.14. The van der Waals surface area contributed by atoms with Crippen LogP contribution in [0.2, 0.25) is 0 Å². The van der Waals surface area contributed by atoms with Crippen molar-refractivity contribution in [3.8, 4) is 5.75 Å². The van der Waals surface area contributed by atoms with Gasteiger partial charge in [0.05, 0.1) is 0 Å². The van der Waals surface area contributed by atoms with Crippen LogP contribution in [-0.4, -0.2) is 17.8 Å². The van der Waals surface area contributed by atoms with E-state index in [0.717, 1.165) is 24.1 Å². The molecule has 0 N–H and O–H groups in total. The van der Waals surface area contributed by atoms with Gasteiger partial charge in [0.15, 0.2) is 0 Å². The Hall–Kier alpha value is -1.57. The molecule has 0 atom stereocenters. The van der Waals surface area contributed by atoms with Crippen molar-refractivity contribution in [2.24, 2.45) is 0 Å². The Bertz CT molecular complexity index is 405. The Morgan fingerprint density at radius 1 is 1.21 bits per heavy atom. The molecule has 0 saturated heterocycles. The van der Waals surface area contributed by atoms with Crippen molar-refractivity contribution < 1.29 is 9.68 Å². The first kappa shape index (κ1) is 9.00. The van der Waals surface area contributed by atoms with Crippen molar-refractivity contribution in [3.63, 3.8) is 0 Å². The number of hydrogen-bond donors (Lipinski definition) is 0. The van der Waals surface area contributed by atoms with Gasteiger partial charge in [-0.25, -0.2) is 4.58 Å². The standard InChI is InChI=1S/C12H13NO/c1-13-9-5-4-7-11(13)10-6-2-3-8-12(10)14/h2-3,6-9H,4-5H2,1H3. The Kier molecular flexibility index (Phi) is 2.35. The molecule has 0 spiro atoms. The molecule has 1 aliphatic heterocycles. The highest BCUT2D eigenvalue weighted by atomic mass is 16.3. The zero-order chi connectivity index (χ0) is 9.97. The fourth-order valence-electron chi connectivity index (χ4n) is 1.71. The molecule has 0 radical (unpaired) electrons. The summed E-state index contributed by atoms with van der Waals surface area (Å²) in [6.07, 6.45) is 6.31. The molecular weight excluding hydrogens is 174 g/mol. The van der Waals surface area contributed by atoms with Gasteiger partial charge >= 0.3 is 0 Å². The number of allylic oxidation sites excluding steroid dienone is 1. The number of rotatable bonds is 1. The van der Waals surface area contributed by atoms with Gasteiger partial charge in [-0.15, -0.1) is 0 Å². The average molecular weight is 187 g/mol. The summed E-state index contributed by atoms with van der Waals surface area (Å²) in [6, 6.07) is 7.17. The molecule has 1 aliphatic rings. The van der Waals surface area contributed by atoms with Crippen molar-refractivity contribution in [1.82, 2.24) is 0 Å². The average Bonchev–Trinajstić information content (AvgIpc) is 2.20. The predicted molar refractivity (Wildman–Crippen MR) is 55.3 cm³/mol. The highest BCUT2D eigenvalue weighted by molar-refractivity contribution is 5.69. The fourth-order valence-corrected chi connectivity index (χ4v) is 1.71. The molecule has 1 aromatic rings. The normalized spacial score (nSPS) is 16.1. The van der Waals surface area contributed by atoms with Crippen LogP contribution in [0.1, 0.15) is 18.4 Å². The van der Waals surface area contributed by atoms with Gasteiger partial charge in [0.25, 0.3) is 0 Å². The van der Waals surface area contributed by atoms with Gasteiger partial charge in [0.2, 0.25) is 5.70 Å². The molecule has 2 nitrogen and oxygen atoms in total. The van der Waals surface area contributed by atoms with Crippen molar-refractivity contribution in [1.29, 1.82) is 0 Å². The third-order valence-electron chi connectivity index (χ3n) is 2.45. The Morgan fingerprint density at radius 2 is 2.00 bits per heavy atom. The summed E-state index contributed by atoms with van der Waals surface area (Å²) in [5, 5.41) is 11.6. The maximum atomic E-state index is 11.6. The first-order valence-electron chi connectivity index (χ1n) is 4.82. The van der Waals surface area contributed by atoms with Crippen LogP contribution in [0.25, 0.3) is 5.70 Å². The summed E-state index contributed by atoms with van der Waals surface area (Å²) in [4.78, 5) is 0. The van der Waals surface area contributed by atoms with Gasteiger partial charge in [-0.2, -0.15) is 0 Å². The van der Waals surface area contributed by atoms with Crippen molar-refractivity contribution in [2.45, 2.75) is 12.8 Å². The lowest BCUT2D eigenvalue weighted by Crippen LogP contribution is -2.11. The quantitative estimate of drug-likeness (QED) is 0.613. The number of hydrogen-bond acceptors (Lipinski definition) is 1. The molecule has 14 heavy (non-hydrogen) atoms. The second-order valence-corrected chi connectivity index (χ2v) is 3.46. The molecule has 0 unspecified atom stereocenters. The van der Waals surface area contributed by atoms with E-state index in [4.69, 9.17) is 0 Å². The summed E-state index contributed by atoms with van der Waals surface area (Å²) in [5.74, 6) is 0.0981. The van der Waals surface area contributed by atoms with Crippen molar-refractivity contribution in [2.75, 3.05) is 7.05 Å². The van der Waals surface area contributed by atoms with Crippen LogP contribution in [0.15, 0.2) is 30.3 Å². The van der Waals surface area contributed by atoms with E-state index in [1.165, 1.54) is 0 Å². The van der Waals surface area contributed by atoms with Crippen LogP contribution < -0.4 is 5.11 Å². The molecule has 2 rings (SSSR count). The van der Waals surface area contributed by atoms with Gasteiger partial charge in [0.1, 0.15) is 13.3 Å². The smallest absolute Gasteiger partial charge is 0.207 e. The van der Waals surface area contributed by atoms with Gasteiger partial charge < -0.3 is 5.11 Å². The molecule has 2 heteroatoms. The first-order chi connectivity index (χ1) is 6.79. The minimum atomic E-state index is 0.0981. The van der Waals surface area contributed by atoms with E-state index in [9.17, 15) is 5.11 Å². The molecule has 72 valence electrons. The minimum absolute atomic E-state index is 0.0981. The molecule has 0 amide bonds. The third-order valence-corrected chi connectivity index (χ3v) is 2.45. The Morgan fingerprint density at radius 3 is 2.71 bits per heavy atom. The van der Waals surface area contributed by atoms with E-state index in [0.29, 0.717) is 0 Å². The summed E-state index contributed by atoms with van der Waals surface area (Å²) in [5.41, 5.74) is 1.83. The monoisotopic (exact) mass is 187 g/mol. The van der Waals surface area contributed by atoms with E-state index < -0.39 is 0 Å². The van der Waals surface area contributed by atoms with Crippen LogP contribution in [0, 0.1) is 0 Å². The molecule has 0 saturated carbocycles. The highest BCUT2D eigenvalue weighted by Crippen LogP contribution is 2.24. The van der Waals surface area contributed by atoms with Crippen LogP contribution in [0.5, 0.6) is 5.75 Å². The van der Waals surface area contributed by atoms with Crippen molar-refractivity contribution >= 4 is 11.9 Å². The molecule has 0 aromatic heterocycles. The van der Waals surface area contributed by atoms with Gasteiger partial charge in [0, 0.05) is 12.0 Å². The largest absolute Gasteiger partial charge is 0.872 e. The lowest BCUT2D eigenvalue weighted by atomic mass is 10.1. The molecular formula is C12H13NO. The van der Waals surface area contributed by atoms with Crippen molar-refractivity contribution in [3.05, 3.63) is 35.9 Å². The van der Waals surface area contributed by atoms with E-state index >= 15 is 0 Å². The first-order valence-corrected chi connectivity index (χ1v) is 4.82. The van der Waals surface area contributed by atoms with Gasteiger partial charge in [-0.3, -0.25) is 0 Å². The van der Waals surface area contributed by atoms with E-state index in [1.54, 1.807) is 12.1 Å². The fraction of sp³-hybridized carbons (Fsp3) is 0.250. The maximum absolute atomic E-state index is 11.6. The second-order valence-electron chi connectivity index (χ2n) is 3.46. The van der Waals surface area contributed by atoms with Crippen LogP contribution in [-0.2, 0) is 0 Å². The molecule has 1 heterocycles. The maximum Gasteiger partial charge on any atom is 0.207 e. The third kappa shape index (κ3) is 1.55. The summed E-state index contributed by atoms with van der Waals surface area (Å²) < 4.78 is 2.03. The number of para-hydroxylation sites is 1. The summed E-state index contributed by atoms with van der Waals surface area (Å²) >= 11 is 0. The van der Waals surface area contributed by atoms with E-state index in [2.05, 4.69) is 12.3 Å². The highest BCUT2D eigenvalue weighted by Gasteiger charge is 2.14. The molecule has 0 fully saturated rings. The van der Waals surface area contributed by atoms with Gasteiger partial charge in [-0.1, -0.05) is 23.9 Å². The topological polar surface area (TPSA) is 26.1 Å². The minimum Gasteiger partial charge on any atom is -0.872 e. The summed E-state index contributed by atoms with van der Waals surface area (Å²) in [7, 11) is 1.98. The zero-order valence-corrected chi connectivity index (χ0v) is 8.23. The second kappa shape index (κ2) is 3.66. The summed E-state index contributed by atoms with van der Waals surface area (Å²) in [6.45, 7) is 0. The molecule has 1 aromatic carbocycles. The zero-order valence-electron chi connectivity index (χ0n) is 8.23. The van der Waals surface area contributed by atoms with E-state index in [1.807, 2.05) is 23.8 Å². The predicted octanol–water partition coefficient (Wildman–Crippen LogP) is 1.61. The Balaban J connectivity index is 2.45. The number of nitrogens with zero attached hydrogens (tertiary/aromatic N) is 1. The number of benzene rings is 1. The Labute approximate surface area is 83.8 Å². The van der Waals surface area contributed by atoms with Crippen LogP contribution >= 0.6 is 0 Å². The molecule has 0 aliphatic carbocycles. The lowest BCUT2D eigenvalue weighted by molar-refractivity contribution is -0.394.